The Morgan fingerprint density at radius 1 is 1.30 bits per heavy atom. The molecule has 0 spiro atoms. The molecule has 3 rings (SSSR count). The van der Waals surface area contributed by atoms with Gasteiger partial charge in [0.15, 0.2) is 0 Å². The molecule has 1 aliphatic rings. The fourth-order valence-electron chi connectivity index (χ4n) is 3.19. The fourth-order valence-corrected chi connectivity index (χ4v) is 3.32. The van der Waals surface area contributed by atoms with Crippen molar-refractivity contribution >= 4 is 29.2 Å². The van der Waals surface area contributed by atoms with Gasteiger partial charge in [0, 0.05) is 22.9 Å². The number of anilines is 1. The van der Waals surface area contributed by atoms with Gasteiger partial charge in [0.1, 0.15) is 11.4 Å². The van der Waals surface area contributed by atoms with E-state index in [0.717, 1.165) is 0 Å². The largest absolute Gasteiger partial charge is 0.462 e. The van der Waals surface area contributed by atoms with Crippen molar-refractivity contribution in [1.29, 1.82) is 0 Å². The zero-order valence-electron chi connectivity index (χ0n) is 15.1. The summed E-state index contributed by atoms with van der Waals surface area (Å²) >= 11 is 5.86. The first-order valence-electron chi connectivity index (χ1n) is 8.77. The zero-order chi connectivity index (χ0) is 19.6. The topological polar surface area (TPSA) is 90.3 Å². The van der Waals surface area contributed by atoms with Crippen LogP contribution in [0, 0.1) is 0 Å². The zero-order valence-corrected chi connectivity index (χ0v) is 15.8. The van der Waals surface area contributed by atoms with Gasteiger partial charge in [0.2, 0.25) is 5.91 Å². The SMILES string of the molecule is CCOC(=O)c1cnc2n(c1=O)C(C)CCC2C(=O)Nc1ccc(Cl)cc1. The molecule has 0 fully saturated rings. The molecule has 0 saturated carbocycles. The van der Waals surface area contributed by atoms with Crippen LogP contribution >= 0.6 is 11.6 Å². The van der Waals surface area contributed by atoms with E-state index in [1.54, 1.807) is 31.2 Å². The molecule has 0 aliphatic carbocycles. The molecule has 2 unspecified atom stereocenters. The van der Waals surface area contributed by atoms with Gasteiger partial charge < -0.3 is 10.1 Å². The van der Waals surface area contributed by atoms with E-state index in [9.17, 15) is 14.4 Å². The van der Waals surface area contributed by atoms with Gasteiger partial charge in [-0.05, 0) is 51.0 Å². The van der Waals surface area contributed by atoms with Crippen molar-refractivity contribution in [3.63, 3.8) is 0 Å². The molecule has 1 amide bonds. The van der Waals surface area contributed by atoms with Crippen LogP contribution in [0.15, 0.2) is 35.3 Å². The van der Waals surface area contributed by atoms with Crippen LogP contribution in [0.25, 0.3) is 0 Å². The highest BCUT2D eigenvalue weighted by Gasteiger charge is 2.33. The summed E-state index contributed by atoms with van der Waals surface area (Å²) in [6.45, 7) is 3.71. The summed E-state index contributed by atoms with van der Waals surface area (Å²) in [5.74, 6) is -1.18. The third-order valence-electron chi connectivity index (χ3n) is 4.57. The number of amides is 1. The van der Waals surface area contributed by atoms with Gasteiger partial charge >= 0.3 is 5.97 Å². The second-order valence-corrected chi connectivity index (χ2v) is 6.84. The summed E-state index contributed by atoms with van der Waals surface area (Å²) in [6, 6.07) is 6.62. The molecule has 0 radical (unpaired) electrons. The molecule has 7 nitrogen and oxygen atoms in total. The number of rotatable bonds is 4. The normalized spacial score (nSPS) is 18.5. The lowest BCUT2D eigenvalue weighted by molar-refractivity contribution is -0.118. The number of hydrogen-bond donors (Lipinski definition) is 1. The van der Waals surface area contributed by atoms with Crippen molar-refractivity contribution in [3.8, 4) is 0 Å². The van der Waals surface area contributed by atoms with Gasteiger partial charge in [-0.2, -0.15) is 0 Å². The van der Waals surface area contributed by atoms with Gasteiger partial charge in [0.05, 0.1) is 12.5 Å². The smallest absolute Gasteiger partial charge is 0.345 e. The lowest BCUT2D eigenvalue weighted by atomic mass is 9.93. The molecule has 2 heterocycles. The third kappa shape index (κ3) is 3.88. The van der Waals surface area contributed by atoms with E-state index in [1.165, 1.54) is 10.8 Å². The molecule has 8 heteroatoms. The quantitative estimate of drug-likeness (QED) is 0.811. The van der Waals surface area contributed by atoms with Crippen molar-refractivity contribution in [2.24, 2.45) is 0 Å². The van der Waals surface area contributed by atoms with Gasteiger partial charge in [0.25, 0.3) is 5.56 Å². The highest BCUT2D eigenvalue weighted by atomic mass is 35.5. The summed E-state index contributed by atoms with van der Waals surface area (Å²) in [7, 11) is 0. The number of aromatic nitrogens is 2. The molecule has 2 atom stereocenters. The molecule has 2 aromatic rings. The minimum absolute atomic E-state index is 0.119. The maximum Gasteiger partial charge on any atom is 0.345 e. The average molecular weight is 390 g/mol. The van der Waals surface area contributed by atoms with Gasteiger partial charge in [-0.15, -0.1) is 0 Å². The van der Waals surface area contributed by atoms with Crippen LogP contribution in [0.3, 0.4) is 0 Å². The Bertz CT molecular complexity index is 924. The van der Waals surface area contributed by atoms with Crippen LogP contribution in [-0.4, -0.2) is 28.0 Å². The van der Waals surface area contributed by atoms with Crippen LogP contribution in [0.2, 0.25) is 5.02 Å². The van der Waals surface area contributed by atoms with E-state index >= 15 is 0 Å². The second-order valence-electron chi connectivity index (χ2n) is 6.40. The number of nitrogens with one attached hydrogen (secondary N) is 1. The maximum absolute atomic E-state index is 12.8. The van der Waals surface area contributed by atoms with Gasteiger partial charge in [-0.3, -0.25) is 14.2 Å². The Hall–Kier alpha value is -2.67. The number of fused-ring (bicyclic) bond motifs is 1. The first kappa shape index (κ1) is 19.1. The van der Waals surface area contributed by atoms with E-state index in [4.69, 9.17) is 16.3 Å². The Labute approximate surface area is 161 Å². The lowest BCUT2D eigenvalue weighted by Gasteiger charge is -2.29. The number of esters is 1. The van der Waals surface area contributed by atoms with Crippen molar-refractivity contribution in [3.05, 3.63) is 57.2 Å². The number of halogens is 1. The number of carbonyl (C=O) groups is 2. The maximum atomic E-state index is 12.8. The van der Waals surface area contributed by atoms with Crippen molar-refractivity contribution in [2.45, 2.75) is 38.6 Å². The summed E-state index contributed by atoms with van der Waals surface area (Å²) in [6.07, 6.45) is 2.39. The molecule has 1 N–H and O–H groups in total. The molecular weight excluding hydrogens is 370 g/mol. The average Bonchev–Trinajstić information content (AvgIpc) is 2.64. The standard InChI is InChI=1S/C19H20ClN3O4/c1-3-27-19(26)15-10-21-16-14(9-4-11(2)23(16)18(15)25)17(24)22-13-7-5-12(20)6-8-13/h5-8,10-11,14H,3-4,9H2,1-2H3,(H,22,24). The molecule has 0 saturated heterocycles. The van der Waals surface area contributed by atoms with Crippen LogP contribution in [-0.2, 0) is 9.53 Å². The molecule has 142 valence electrons. The highest BCUT2D eigenvalue weighted by molar-refractivity contribution is 6.30. The lowest BCUT2D eigenvalue weighted by Crippen LogP contribution is -2.39. The van der Waals surface area contributed by atoms with Crippen LogP contribution < -0.4 is 10.9 Å². The molecule has 1 aromatic heterocycles. The number of carbonyl (C=O) groups excluding carboxylic acids is 2. The van der Waals surface area contributed by atoms with Crippen molar-refractivity contribution in [2.75, 3.05) is 11.9 Å². The number of hydrogen-bond acceptors (Lipinski definition) is 5. The summed E-state index contributed by atoms with van der Waals surface area (Å²) < 4.78 is 6.35. The molecule has 0 bridgehead atoms. The van der Waals surface area contributed by atoms with Crippen LogP contribution in [0.4, 0.5) is 5.69 Å². The molecular formula is C19H20ClN3O4. The summed E-state index contributed by atoms with van der Waals surface area (Å²) in [4.78, 5) is 41.8. The van der Waals surface area contributed by atoms with Gasteiger partial charge in [-0.1, -0.05) is 11.6 Å². The Balaban J connectivity index is 1.93. The molecule has 1 aliphatic heterocycles. The molecule has 27 heavy (non-hydrogen) atoms. The minimum Gasteiger partial charge on any atom is -0.462 e. The van der Waals surface area contributed by atoms with Gasteiger partial charge in [-0.25, -0.2) is 9.78 Å². The molecule has 1 aromatic carbocycles. The number of nitrogens with zero attached hydrogens (tertiary/aromatic N) is 2. The van der Waals surface area contributed by atoms with E-state index in [1.807, 2.05) is 6.92 Å². The number of benzene rings is 1. The Morgan fingerprint density at radius 2 is 2.00 bits per heavy atom. The van der Waals surface area contributed by atoms with E-state index < -0.39 is 17.4 Å². The highest BCUT2D eigenvalue weighted by Crippen LogP contribution is 2.31. The summed E-state index contributed by atoms with van der Waals surface area (Å²) in [5.41, 5.74) is 0.0150. The van der Waals surface area contributed by atoms with Crippen LogP contribution in [0.5, 0.6) is 0 Å². The Morgan fingerprint density at radius 3 is 2.67 bits per heavy atom. The first-order valence-corrected chi connectivity index (χ1v) is 9.15. The first-order chi connectivity index (χ1) is 12.9. The van der Waals surface area contributed by atoms with E-state index in [2.05, 4.69) is 10.3 Å². The number of ether oxygens (including phenoxy) is 1. The Kier molecular flexibility index (Phi) is 5.60. The summed E-state index contributed by atoms with van der Waals surface area (Å²) in [5, 5.41) is 3.40. The van der Waals surface area contributed by atoms with E-state index in [-0.39, 0.29) is 24.1 Å². The predicted octanol–water partition coefficient (Wildman–Crippen LogP) is 3.15. The fraction of sp³-hybridized carbons (Fsp3) is 0.368. The van der Waals surface area contributed by atoms with Crippen molar-refractivity contribution in [1.82, 2.24) is 9.55 Å². The predicted molar refractivity (Wildman–Crippen MR) is 101 cm³/mol. The minimum atomic E-state index is -0.703. The van der Waals surface area contributed by atoms with Crippen LogP contribution in [0.1, 0.15) is 54.8 Å². The van der Waals surface area contributed by atoms with Crippen molar-refractivity contribution < 1.29 is 14.3 Å². The third-order valence-corrected chi connectivity index (χ3v) is 4.82. The second kappa shape index (κ2) is 7.92. The monoisotopic (exact) mass is 389 g/mol. The van der Waals surface area contributed by atoms with E-state index in [0.29, 0.717) is 29.4 Å².